The highest BCUT2D eigenvalue weighted by Crippen LogP contribution is 2.38. The summed E-state index contributed by atoms with van der Waals surface area (Å²) in [6.07, 6.45) is 2.96. The second kappa shape index (κ2) is 4.06. The molecule has 1 aliphatic rings. The van der Waals surface area contributed by atoms with Gasteiger partial charge in [-0.25, -0.2) is 8.78 Å². The number of halogens is 3. The van der Waals surface area contributed by atoms with E-state index in [1.165, 1.54) is 12.1 Å². The maximum atomic E-state index is 13.6. The molecule has 4 heteroatoms. The number of nitrogens with two attached hydrogens (primary N) is 1. The van der Waals surface area contributed by atoms with Gasteiger partial charge in [0.25, 0.3) is 0 Å². The predicted octanol–water partition coefficient (Wildman–Crippen LogP) is 3.42. The molecule has 0 amide bonds. The Morgan fingerprint density at radius 2 is 2.00 bits per heavy atom. The Balaban J connectivity index is 2.36. The van der Waals surface area contributed by atoms with Crippen molar-refractivity contribution in [3.63, 3.8) is 0 Å². The fourth-order valence-corrected chi connectivity index (χ4v) is 2.05. The average molecular weight is 232 g/mol. The SMILES string of the molecule is N[C@@H](c1c(F)ccc(Cl)c1F)C1CCC1. The molecule has 1 atom stereocenters. The first-order chi connectivity index (χ1) is 7.11. The minimum atomic E-state index is -0.712. The summed E-state index contributed by atoms with van der Waals surface area (Å²) in [5.74, 6) is -1.13. The Hall–Kier alpha value is -0.670. The fourth-order valence-electron chi connectivity index (χ4n) is 1.88. The second-order valence-corrected chi connectivity index (χ2v) is 4.38. The maximum Gasteiger partial charge on any atom is 0.149 e. The van der Waals surface area contributed by atoms with Gasteiger partial charge in [-0.3, -0.25) is 0 Å². The predicted molar refractivity (Wildman–Crippen MR) is 55.6 cm³/mol. The van der Waals surface area contributed by atoms with Crippen LogP contribution in [-0.2, 0) is 0 Å². The van der Waals surface area contributed by atoms with E-state index in [1.54, 1.807) is 0 Å². The van der Waals surface area contributed by atoms with Crippen molar-refractivity contribution in [2.75, 3.05) is 0 Å². The molecule has 2 rings (SSSR count). The molecule has 1 aromatic carbocycles. The summed E-state index contributed by atoms with van der Waals surface area (Å²) in [4.78, 5) is 0. The molecule has 0 aliphatic heterocycles. The summed E-state index contributed by atoms with van der Waals surface area (Å²) >= 11 is 5.60. The van der Waals surface area contributed by atoms with Crippen LogP contribution in [0.3, 0.4) is 0 Å². The van der Waals surface area contributed by atoms with Crippen LogP contribution in [0.1, 0.15) is 30.9 Å². The number of rotatable bonds is 2. The lowest BCUT2D eigenvalue weighted by atomic mass is 9.77. The lowest BCUT2D eigenvalue weighted by Gasteiger charge is -2.31. The van der Waals surface area contributed by atoms with Crippen LogP contribution in [0.25, 0.3) is 0 Å². The molecular formula is C11H12ClF2N. The first-order valence-electron chi connectivity index (χ1n) is 5.00. The van der Waals surface area contributed by atoms with E-state index in [-0.39, 0.29) is 16.5 Å². The smallest absolute Gasteiger partial charge is 0.149 e. The molecule has 0 aromatic heterocycles. The topological polar surface area (TPSA) is 26.0 Å². The van der Waals surface area contributed by atoms with Crippen LogP contribution in [0, 0.1) is 17.6 Å². The zero-order valence-corrected chi connectivity index (χ0v) is 8.90. The van der Waals surface area contributed by atoms with E-state index in [0.29, 0.717) is 0 Å². The zero-order valence-electron chi connectivity index (χ0n) is 8.14. The van der Waals surface area contributed by atoms with E-state index >= 15 is 0 Å². The summed E-state index contributed by atoms with van der Waals surface area (Å²) in [6.45, 7) is 0. The molecule has 0 bridgehead atoms. The van der Waals surface area contributed by atoms with Crippen LogP contribution in [0.2, 0.25) is 5.02 Å². The molecule has 0 radical (unpaired) electrons. The standard InChI is InChI=1S/C11H12ClF2N/c12-7-4-5-8(13)9(10(7)14)11(15)6-2-1-3-6/h4-6,11H,1-3,15H2/t11-/m1/s1. The van der Waals surface area contributed by atoms with Gasteiger partial charge in [0.05, 0.1) is 5.02 Å². The van der Waals surface area contributed by atoms with Gasteiger partial charge < -0.3 is 5.73 Å². The third kappa shape index (κ3) is 1.86. The normalized spacial score (nSPS) is 18.7. The van der Waals surface area contributed by atoms with Gasteiger partial charge >= 0.3 is 0 Å². The largest absolute Gasteiger partial charge is 0.324 e. The van der Waals surface area contributed by atoms with Crippen molar-refractivity contribution < 1.29 is 8.78 Å². The van der Waals surface area contributed by atoms with Gasteiger partial charge in [0.15, 0.2) is 0 Å². The Bertz CT molecular complexity index is 377. The van der Waals surface area contributed by atoms with Gasteiger partial charge in [0.2, 0.25) is 0 Å². The Morgan fingerprint density at radius 3 is 2.53 bits per heavy atom. The molecule has 1 saturated carbocycles. The summed E-state index contributed by atoms with van der Waals surface area (Å²) in [5, 5.41) is -0.0684. The van der Waals surface area contributed by atoms with Crippen molar-refractivity contribution in [2.24, 2.45) is 11.7 Å². The van der Waals surface area contributed by atoms with Crippen molar-refractivity contribution in [1.82, 2.24) is 0 Å². The molecule has 1 fully saturated rings. The molecule has 82 valence electrons. The first-order valence-corrected chi connectivity index (χ1v) is 5.38. The molecule has 0 heterocycles. The van der Waals surface area contributed by atoms with E-state index < -0.39 is 17.7 Å². The van der Waals surface area contributed by atoms with Crippen molar-refractivity contribution in [1.29, 1.82) is 0 Å². The summed E-state index contributed by atoms with van der Waals surface area (Å²) in [6, 6.07) is 1.81. The summed E-state index contributed by atoms with van der Waals surface area (Å²) < 4.78 is 27.0. The van der Waals surface area contributed by atoms with E-state index in [0.717, 1.165) is 19.3 Å². The van der Waals surface area contributed by atoms with E-state index in [9.17, 15) is 8.78 Å². The fraction of sp³-hybridized carbons (Fsp3) is 0.455. The van der Waals surface area contributed by atoms with Crippen molar-refractivity contribution in [3.05, 3.63) is 34.4 Å². The third-order valence-corrected chi connectivity index (χ3v) is 3.36. The van der Waals surface area contributed by atoms with E-state index in [1.807, 2.05) is 0 Å². The Labute approximate surface area is 92.2 Å². The first kappa shape index (κ1) is 10.8. The monoisotopic (exact) mass is 231 g/mol. The maximum absolute atomic E-state index is 13.6. The minimum Gasteiger partial charge on any atom is -0.324 e. The highest BCUT2D eigenvalue weighted by atomic mass is 35.5. The Kier molecular flexibility index (Phi) is 2.94. The molecule has 2 N–H and O–H groups in total. The molecule has 1 nitrogen and oxygen atoms in total. The average Bonchev–Trinajstić information content (AvgIpc) is 2.09. The Morgan fingerprint density at radius 1 is 1.33 bits per heavy atom. The number of hydrogen-bond donors (Lipinski definition) is 1. The van der Waals surface area contributed by atoms with Crippen LogP contribution < -0.4 is 5.73 Å². The van der Waals surface area contributed by atoms with Gasteiger partial charge in [0, 0.05) is 11.6 Å². The van der Waals surface area contributed by atoms with Gasteiger partial charge in [0.1, 0.15) is 11.6 Å². The lowest BCUT2D eigenvalue weighted by molar-refractivity contribution is 0.256. The van der Waals surface area contributed by atoms with Crippen molar-refractivity contribution >= 4 is 11.6 Å². The van der Waals surface area contributed by atoms with Crippen LogP contribution >= 0.6 is 11.6 Å². The molecule has 0 spiro atoms. The van der Waals surface area contributed by atoms with Gasteiger partial charge in [-0.2, -0.15) is 0 Å². The van der Waals surface area contributed by atoms with E-state index in [2.05, 4.69) is 0 Å². The molecule has 15 heavy (non-hydrogen) atoms. The second-order valence-electron chi connectivity index (χ2n) is 3.97. The molecular weight excluding hydrogens is 220 g/mol. The molecule has 1 aliphatic carbocycles. The van der Waals surface area contributed by atoms with Crippen LogP contribution in [0.15, 0.2) is 12.1 Å². The zero-order chi connectivity index (χ0) is 11.0. The third-order valence-electron chi connectivity index (χ3n) is 3.07. The highest BCUT2D eigenvalue weighted by molar-refractivity contribution is 6.30. The van der Waals surface area contributed by atoms with Gasteiger partial charge in [-0.15, -0.1) is 0 Å². The van der Waals surface area contributed by atoms with Crippen LogP contribution in [0.4, 0.5) is 8.78 Å². The van der Waals surface area contributed by atoms with Gasteiger partial charge in [-0.1, -0.05) is 18.0 Å². The van der Waals surface area contributed by atoms with Crippen LogP contribution in [0.5, 0.6) is 0 Å². The quantitative estimate of drug-likeness (QED) is 0.776. The van der Waals surface area contributed by atoms with Gasteiger partial charge in [-0.05, 0) is 30.9 Å². The summed E-state index contributed by atoms with van der Waals surface area (Å²) in [5.41, 5.74) is 5.77. The minimum absolute atomic E-state index is 0.0628. The molecule has 0 saturated heterocycles. The lowest BCUT2D eigenvalue weighted by Crippen LogP contribution is -2.28. The van der Waals surface area contributed by atoms with E-state index in [4.69, 9.17) is 17.3 Å². The van der Waals surface area contributed by atoms with Crippen molar-refractivity contribution in [3.8, 4) is 0 Å². The number of benzene rings is 1. The van der Waals surface area contributed by atoms with Crippen molar-refractivity contribution in [2.45, 2.75) is 25.3 Å². The molecule has 1 aromatic rings. The molecule has 0 unspecified atom stereocenters. The summed E-state index contributed by atoms with van der Waals surface area (Å²) in [7, 11) is 0. The van der Waals surface area contributed by atoms with Crippen LogP contribution in [-0.4, -0.2) is 0 Å². The number of hydrogen-bond acceptors (Lipinski definition) is 1. The highest BCUT2D eigenvalue weighted by Gasteiger charge is 2.30.